The number of hydrogen-bond acceptors (Lipinski definition) is 4. The summed E-state index contributed by atoms with van der Waals surface area (Å²) in [5.74, 6) is -0.338. The molecule has 0 unspecified atom stereocenters. The minimum atomic E-state index is -3.90. The molecule has 1 aromatic carbocycles. The number of sulfonamides is 1. The highest BCUT2D eigenvalue weighted by Gasteiger charge is 2.25. The van der Waals surface area contributed by atoms with Crippen LogP contribution in [0, 0.1) is 10.1 Å². The van der Waals surface area contributed by atoms with Gasteiger partial charge < -0.3 is 0 Å². The molecule has 0 heterocycles. The van der Waals surface area contributed by atoms with Crippen LogP contribution in [-0.4, -0.2) is 13.3 Å². The van der Waals surface area contributed by atoms with Crippen LogP contribution in [0.2, 0.25) is 0 Å². The molecule has 0 spiro atoms. The summed E-state index contributed by atoms with van der Waals surface area (Å²) >= 11 is 0. The lowest BCUT2D eigenvalue weighted by molar-refractivity contribution is -0.385. The Morgan fingerprint density at radius 2 is 1.58 bits per heavy atom. The Balaban J connectivity index is 3.75. The van der Waals surface area contributed by atoms with Gasteiger partial charge in [-0.05, 0) is 23.5 Å². The maximum Gasteiger partial charge on any atom is 0.273 e. The number of rotatable bonds is 4. The highest BCUT2D eigenvalue weighted by molar-refractivity contribution is 7.89. The predicted molar refractivity (Wildman–Crippen MR) is 72.6 cm³/mol. The number of nitrogens with zero attached hydrogens (tertiary/aromatic N) is 1. The summed E-state index contributed by atoms with van der Waals surface area (Å²) in [5.41, 5.74) is 0.683. The minimum absolute atomic E-state index is 0.0307. The van der Waals surface area contributed by atoms with Gasteiger partial charge in [-0.1, -0.05) is 27.7 Å². The van der Waals surface area contributed by atoms with Crippen LogP contribution in [0.5, 0.6) is 0 Å². The van der Waals surface area contributed by atoms with Gasteiger partial charge in [-0.2, -0.15) is 0 Å². The smallest absolute Gasteiger partial charge is 0.258 e. The van der Waals surface area contributed by atoms with Gasteiger partial charge in [0.25, 0.3) is 5.69 Å². The molecule has 0 aliphatic carbocycles. The molecule has 0 amide bonds. The fraction of sp³-hybridized carbons (Fsp3) is 0.500. The zero-order valence-electron chi connectivity index (χ0n) is 11.4. The second-order valence-electron chi connectivity index (χ2n) is 5.06. The number of primary sulfonamides is 1. The summed E-state index contributed by atoms with van der Waals surface area (Å²) in [6, 6.07) is 2.65. The van der Waals surface area contributed by atoms with Crippen molar-refractivity contribution >= 4 is 15.7 Å². The molecular weight excluding hydrogens is 268 g/mol. The highest BCUT2D eigenvalue weighted by Crippen LogP contribution is 2.34. The van der Waals surface area contributed by atoms with Gasteiger partial charge in [0, 0.05) is 11.6 Å². The third-order valence-corrected chi connectivity index (χ3v) is 3.87. The maximum atomic E-state index is 11.6. The van der Waals surface area contributed by atoms with Crippen molar-refractivity contribution in [2.45, 2.75) is 44.4 Å². The molecule has 0 bridgehead atoms. The summed E-state index contributed by atoms with van der Waals surface area (Å²) in [6.07, 6.45) is 0. The fourth-order valence-corrected chi connectivity index (χ4v) is 2.83. The van der Waals surface area contributed by atoms with E-state index in [1.54, 1.807) is 27.7 Å². The first kappa shape index (κ1) is 15.6. The van der Waals surface area contributed by atoms with Gasteiger partial charge in [-0.3, -0.25) is 10.1 Å². The zero-order valence-corrected chi connectivity index (χ0v) is 12.2. The molecule has 106 valence electrons. The molecule has 0 saturated carbocycles. The van der Waals surface area contributed by atoms with Crippen molar-refractivity contribution in [3.63, 3.8) is 0 Å². The van der Waals surface area contributed by atoms with Gasteiger partial charge in [0.15, 0.2) is 0 Å². The van der Waals surface area contributed by atoms with E-state index in [4.69, 9.17) is 5.14 Å². The van der Waals surface area contributed by atoms with Gasteiger partial charge in [-0.25, -0.2) is 13.6 Å². The lowest BCUT2D eigenvalue weighted by Gasteiger charge is -2.15. The van der Waals surface area contributed by atoms with Crippen LogP contribution in [0.3, 0.4) is 0 Å². The van der Waals surface area contributed by atoms with E-state index in [0.717, 1.165) is 0 Å². The number of nitro benzene ring substituents is 1. The molecule has 0 aliphatic heterocycles. The third kappa shape index (κ3) is 3.30. The van der Waals surface area contributed by atoms with Gasteiger partial charge >= 0.3 is 0 Å². The minimum Gasteiger partial charge on any atom is -0.258 e. The molecule has 1 rings (SSSR count). The van der Waals surface area contributed by atoms with Crippen molar-refractivity contribution < 1.29 is 13.3 Å². The number of nitro groups is 1. The number of hydrogen-bond donors (Lipinski definition) is 1. The highest BCUT2D eigenvalue weighted by atomic mass is 32.2. The third-order valence-electron chi connectivity index (χ3n) is 2.91. The van der Waals surface area contributed by atoms with Crippen molar-refractivity contribution in [2.75, 3.05) is 0 Å². The van der Waals surface area contributed by atoms with Crippen LogP contribution in [0.1, 0.15) is 50.7 Å². The Morgan fingerprint density at radius 3 is 1.89 bits per heavy atom. The molecule has 1 aromatic rings. The Kier molecular flexibility index (Phi) is 4.32. The standard InChI is InChI=1S/C12H18N2O4S/c1-7(2)9-6-12(19(13,17)18)10(8(3)4)5-11(9)14(15)16/h5-8H,1-4H3,(H2,13,17,18). The molecule has 0 atom stereocenters. The van der Waals surface area contributed by atoms with E-state index < -0.39 is 14.9 Å². The quantitative estimate of drug-likeness (QED) is 0.678. The molecule has 19 heavy (non-hydrogen) atoms. The molecule has 0 aromatic heterocycles. The lowest BCUT2D eigenvalue weighted by atomic mass is 9.95. The number of nitrogens with two attached hydrogens (primary N) is 1. The summed E-state index contributed by atoms with van der Waals surface area (Å²) in [5, 5.41) is 16.3. The van der Waals surface area contributed by atoms with Crippen LogP contribution in [0.25, 0.3) is 0 Å². The van der Waals surface area contributed by atoms with E-state index in [0.29, 0.717) is 11.1 Å². The Morgan fingerprint density at radius 1 is 1.11 bits per heavy atom. The van der Waals surface area contributed by atoms with Crippen molar-refractivity contribution in [1.82, 2.24) is 0 Å². The summed E-state index contributed by atoms with van der Waals surface area (Å²) in [6.45, 7) is 7.07. The molecule has 0 fully saturated rings. The van der Waals surface area contributed by atoms with Crippen LogP contribution in [0.15, 0.2) is 17.0 Å². The average Bonchev–Trinajstić information content (AvgIpc) is 2.25. The Bertz CT molecular complexity index is 606. The first-order chi connectivity index (χ1) is 8.55. The maximum absolute atomic E-state index is 11.6. The van der Waals surface area contributed by atoms with E-state index in [1.165, 1.54) is 12.1 Å². The van der Waals surface area contributed by atoms with Gasteiger partial charge in [0.05, 0.1) is 9.82 Å². The van der Waals surface area contributed by atoms with Crippen molar-refractivity contribution in [3.8, 4) is 0 Å². The van der Waals surface area contributed by atoms with Crippen LogP contribution in [0.4, 0.5) is 5.69 Å². The normalized spacial score (nSPS) is 12.2. The molecule has 2 N–H and O–H groups in total. The van der Waals surface area contributed by atoms with Crippen molar-refractivity contribution in [1.29, 1.82) is 0 Å². The van der Waals surface area contributed by atoms with Crippen LogP contribution < -0.4 is 5.14 Å². The molecule has 0 aliphatic rings. The first-order valence-corrected chi connectivity index (χ1v) is 7.45. The molecule has 0 saturated heterocycles. The first-order valence-electron chi connectivity index (χ1n) is 5.90. The molecular formula is C12H18N2O4S. The predicted octanol–water partition coefficient (Wildman–Crippen LogP) is 2.49. The summed E-state index contributed by atoms with van der Waals surface area (Å²) in [7, 11) is -3.90. The molecule has 6 nitrogen and oxygen atoms in total. The van der Waals surface area contributed by atoms with E-state index in [-0.39, 0.29) is 22.4 Å². The zero-order chi connectivity index (χ0) is 15.0. The van der Waals surface area contributed by atoms with Crippen LogP contribution >= 0.6 is 0 Å². The van der Waals surface area contributed by atoms with E-state index in [2.05, 4.69) is 0 Å². The SMILES string of the molecule is CC(C)c1cc(S(N)(=O)=O)c(C(C)C)cc1[N+](=O)[O-]. The van der Waals surface area contributed by atoms with Crippen molar-refractivity contribution in [2.24, 2.45) is 5.14 Å². The largest absolute Gasteiger partial charge is 0.273 e. The van der Waals surface area contributed by atoms with Crippen LogP contribution in [-0.2, 0) is 10.0 Å². The average molecular weight is 286 g/mol. The monoisotopic (exact) mass is 286 g/mol. The van der Waals surface area contributed by atoms with E-state index in [1.807, 2.05) is 0 Å². The fourth-order valence-electron chi connectivity index (χ4n) is 1.92. The Labute approximate surface area is 112 Å². The topological polar surface area (TPSA) is 103 Å². The van der Waals surface area contributed by atoms with Gasteiger partial charge in [-0.15, -0.1) is 0 Å². The van der Waals surface area contributed by atoms with Crippen molar-refractivity contribution in [3.05, 3.63) is 33.4 Å². The van der Waals surface area contributed by atoms with Gasteiger partial charge in [0.2, 0.25) is 10.0 Å². The number of benzene rings is 1. The summed E-state index contributed by atoms with van der Waals surface area (Å²) in [4.78, 5) is 10.6. The van der Waals surface area contributed by atoms with Gasteiger partial charge in [0.1, 0.15) is 0 Å². The second-order valence-corrected chi connectivity index (χ2v) is 6.59. The van der Waals surface area contributed by atoms with E-state index >= 15 is 0 Å². The Hall–Kier alpha value is -1.47. The summed E-state index contributed by atoms with van der Waals surface area (Å²) < 4.78 is 23.2. The second kappa shape index (κ2) is 5.26. The molecule has 7 heteroatoms. The van der Waals surface area contributed by atoms with E-state index in [9.17, 15) is 18.5 Å². The lowest BCUT2D eigenvalue weighted by Crippen LogP contribution is -2.16. The molecule has 0 radical (unpaired) electrons.